The van der Waals surface area contributed by atoms with E-state index in [0.29, 0.717) is 6.54 Å². The predicted molar refractivity (Wildman–Crippen MR) is 103 cm³/mol. The lowest BCUT2D eigenvalue weighted by atomic mass is 10.00. The Kier molecular flexibility index (Phi) is 5.94. The Morgan fingerprint density at radius 2 is 1.93 bits per heavy atom. The molecule has 1 heterocycles. The summed E-state index contributed by atoms with van der Waals surface area (Å²) < 4.78 is 23.2. The van der Waals surface area contributed by atoms with E-state index < -0.39 is 21.8 Å². The van der Waals surface area contributed by atoms with Gasteiger partial charge in [-0.25, -0.2) is 8.42 Å². The number of fused-ring (bicyclic) bond motifs is 1. The van der Waals surface area contributed by atoms with Crippen molar-refractivity contribution in [2.24, 2.45) is 0 Å². The molecule has 7 heteroatoms. The van der Waals surface area contributed by atoms with Crippen molar-refractivity contribution in [2.45, 2.75) is 24.0 Å². The maximum Gasteiger partial charge on any atom is 0.251 e. The van der Waals surface area contributed by atoms with E-state index in [2.05, 4.69) is 22.3 Å². The summed E-state index contributed by atoms with van der Waals surface area (Å²) in [6.07, 6.45) is 1.36. The van der Waals surface area contributed by atoms with Crippen molar-refractivity contribution in [3.8, 4) is 0 Å². The lowest BCUT2D eigenvalue weighted by Gasteiger charge is -2.30. The summed E-state index contributed by atoms with van der Waals surface area (Å²) >= 11 is 0. The summed E-state index contributed by atoms with van der Waals surface area (Å²) in [5.41, 5.74) is 2.89. The first kappa shape index (κ1) is 19.5. The molecule has 2 aromatic carbocycles. The number of nitrogens with zero attached hydrogens (tertiary/aromatic N) is 1. The van der Waals surface area contributed by atoms with E-state index in [1.807, 2.05) is 12.1 Å². The number of rotatable bonds is 6. The lowest BCUT2D eigenvalue weighted by Crippen LogP contribution is -2.42. The highest BCUT2D eigenvalue weighted by atomic mass is 32.2. The van der Waals surface area contributed by atoms with Crippen LogP contribution in [-0.2, 0) is 22.8 Å². The van der Waals surface area contributed by atoms with Gasteiger partial charge in [0.2, 0.25) is 0 Å². The van der Waals surface area contributed by atoms with E-state index in [1.165, 1.54) is 29.3 Å². The van der Waals surface area contributed by atoms with Crippen molar-refractivity contribution in [3.63, 3.8) is 0 Å². The Hall–Kier alpha value is -2.22. The number of aliphatic hydroxyl groups excluding tert-OH is 1. The molecule has 0 radical (unpaired) electrons. The van der Waals surface area contributed by atoms with Gasteiger partial charge in [0.25, 0.3) is 5.91 Å². The van der Waals surface area contributed by atoms with Gasteiger partial charge in [-0.05, 0) is 35.7 Å². The van der Waals surface area contributed by atoms with Crippen molar-refractivity contribution >= 4 is 15.7 Å². The van der Waals surface area contributed by atoms with Gasteiger partial charge in [0.15, 0.2) is 9.84 Å². The summed E-state index contributed by atoms with van der Waals surface area (Å²) in [6.45, 7) is 2.24. The minimum Gasteiger partial charge on any atom is -0.390 e. The maximum absolute atomic E-state index is 12.3. The largest absolute Gasteiger partial charge is 0.390 e. The van der Waals surface area contributed by atoms with Gasteiger partial charge in [0.1, 0.15) is 0 Å². The molecule has 1 aliphatic rings. The number of nitrogens with one attached hydrogen (secondary N) is 1. The van der Waals surface area contributed by atoms with Gasteiger partial charge in [-0.3, -0.25) is 9.69 Å². The van der Waals surface area contributed by atoms with Gasteiger partial charge in [0, 0.05) is 38.0 Å². The zero-order valence-corrected chi connectivity index (χ0v) is 16.1. The van der Waals surface area contributed by atoms with Gasteiger partial charge in [-0.15, -0.1) is 0 Å². The number of sulfone groups is 1. The van der Waals surface area contributed by atoms with Crippen molar-refractivity contribution < 1.29 is 18.3 Å². The quantitative estimate of drug-likeness (QED) is 0.778. The minimum atomic E-state index is -3.37. The Bertz CT molecular complexity index is 927. The van der Waals surface area contributed by atoms with Gasteiger partial charge in [0.05, 0.1) is 11.0 Å². The second-order valence-corrected chi connectivity index (χ2v) is 8.93. The summed E-state index contributed by atoms with van der Waals surface area (Å²) in [5.74, 6) is -0.400. The van der Waals surface area contributed by atoms with E-state index in [9.17, 15) is 18.3 Å². The Morgan fingerprint density at radius 3 is 2.67 bits per heavy atom. The summed E-state index contributed by atoms with van der Waals surface area (Å²) in [7, 11) is -3.37. The molecule has 2 aromatic rings. The monoisotopic (exact) mass is 388 g/mol. The first-order chi connectivity index (χ1) is 12.8. The molecule has 0 fully saturated rings. The predicted octanol–water partition coefficient (Wildman–Crippen LogP) is 1.24. The average Bonchev–Trinajstić information content (AvgIpc) is 2.65. The number of carbonyl (C=O) groups excluding carboxylic acids is 1. The van der Waals surface area contributed by atoms with Crippen molar-refractivity contribution in [2.75, 3.05) is 25.9 Å². The normalized spacial score (nSPS) is 15.8. The molecule has 3 rings (SSSR count). The lowest BCUT2D eigenvalue weighted by molar-refractivity contribution is 0.0841. The van der Waals surface area contributed by atoms with E-state index in [0.717, 1.165) is 25.8 Å². The fraction of sp³-hybridized carbons (Fsp3) is 0.350. The highest BCUT2D eigenvalue weighted by Crippen LogP contribution is 2.18. The summed E-state index contributed by atoms with van der Waals surface area (Å²) in [5, 5.41) is 13.0. The van der Waals surface area contributed by atoms with Crippen LogP contribution in [0.2, 0.25) is 0 Å². The molecule has 0 spiro atoms. The standard InChI is InChI=1S/C20H24N2O4S/c1-27(25,26)19-8-4-7-16(11-19)20(24)21-12-18(23)14-22-10-9-15-5-2-3-6-17(15)13-22/h2-8,11,18,23H,9-10,12-14H2,1H3,(H,21,24). The first-order valence-electron chi connectivity index (χ1n) is 8.88. The van der Waals surface area contributed by atoms with Crippen molar-refractivity contribution in [1.82, 2.24) is 10.2 Å². The van der Waals surface area contributed by atoms with Crippen LogP contribution < -0.4 is 5.32 Å². The number of aliphatic hydroxyl groups is 1. The van der Waals surface area contributed by atoms with Gasteiger partial charge in [-0.1, -0.05) is 30.3 Å². The maximum atomic E-state index is 12.3. The zero-order chi connectivity index (χ0) is 19.4. The highest BCUT2D eigenvalue weighted by molar-refractivity contribution is 7.90. The second-order valence-electron chi connectivity index (χ2n) is 6.92. The van der Waals surface area contributed by atoms with E-state index in [1.54, 1.807) is 6.07 Å². The number of hydrogen-bond donors (Lipinski definition) is 2. The van der Waals surface area contributed by atoms with Crippen LogP contribution >= 0.6 is 0 Å². The number of benzene rings is 2. The molecule has 1 atom stereocenters. The number of hydrogen-bond acceptors (Lipinski definition) is 5. The summed E-state index contributed by atoms with van der Waals surface area (Å²) in [4.78, 5) is 14.5. The molecule has 0 bridgehead atoms. The number of β-amino-alcohol motifs (C(OH)–C–C–N with tert-alkyl or cyclic N) is 1. The smallest absolute Gasteiger partial charge is 0.251 e. The van der Waals surface area contributed by atoms with Crippen molar-refractivity contribution in [1.29, 1.82) is 0 Å². The van der Waals surface area contributed by atoms with Crippen LogP contribution in [0.3, 0.4) is 0 Å². The molecule has 27 heavy (non-hydrogen) atoms. The fourth-order valence-corrected chi connectivity index (χ4v) is 3.92. The van der Waals surface area contributed by atoms with Gasteiger partial charge < -0.3 is 10.4 Å². The molecule has 1 unspecified atom stereocenters. The van der Waals surface area contributed by atoms with Crippen LogP contribution in [0.15, 0.2) is 53.4 Å². The van der Waals surface area contributed by atoms with Gasteiger partial charge in [-0.2, -0.15) is 0 Å². The molecule has 0 aromatic heterocycles. The van der Waals surface area contributed by atoms with Crippen LogP contribution in [0.25, 0.3) is 0 Å². The second kappa shape index (κ2) is 8.21. The Labute approximate surface area is 159 Å². The Morgan fingerprint density at radius 1 is 1.19 bits per heavy atom. The van der Waals surface area contributed by atoms with E-state index in [4.69, 9.17) is 0 Å². The molecule has 6 nitrogen and oxygen atoms in total. The first-order valence-corrected chi connectivity index (χ1v) is 10.8. The van der Waals surface area contributed by atoms with Crippen LogP contribution in [0.1, 0.15) is 21.5 Å². The fourth-order valence-electron chi connectivity index (χ4n) is 3.25. The van der Waals surface area contributed by atoms with Crippen LogP contribution in [-0.4, -0.2) is 56.3 Å². The van der Waals surface area contributed by atoms with Crippen molar-refractivity contribution in [3.05, 3.63) is 65.2 Å². The molecule has 0 saturated carbocycles. The zero-order valence-electron chi connectivity index (χ0n) is 15.3. The average molecular weight is 388 g/mol. The molecule has 144 valence electrons. The highest BCUT2D eigenvalue weighted by Gasteiger charge is 2.19. The van der Waals surface area contributed by atoms with Crippen LogP contribution in [0.5, 0.6) is 0 Å². The molecule has 0 aliphatic carbocycles. The SMILES string of the molecule is CS(=O)(=O)c1cccc(C(=O)NCC(O)CN2CCc3ccccc3C2)c1. The Balaban J connectivity index is 1.52. The molecular formula is C20H24N2O4S. The van der Waals surface area contributed by atoms with Crippen LogP contribution in [0.4, 0.5) is 0 Å². The summed E-state index contributed by atoms with van der Waals surface area (Å²) in [6, 6.07) is 14.2. The third-order valence-corrected chi connectivity index (χ3v) is 5.81. The van der Waals surface area contributed by atoms with Gasteiger partial charge >= 0.3 is 0 Å². The molecule has 1 amide bonds. The third kappa shape index (κ3) is 5.15. The van der Waals surface area contributed by atoms with E-state index >= 15 is 0 Å². The van der Waals surface area contributed by atoms with E-state index in [-0.39, 0.29) is 17.0 Å². The minimum absolute atomic E-state index is 0.0997. The van der Waals surface area contributed by atoms with Crippen LogP contribution in [0, 0.1) is 0 Å². The number of carbonyl (C=O) groups is 1. The molecule has 1 aliphatic heterocycles. The molecule has 2 N–H and O–H groups in total. The number of amides is 1. The molecule has 0 saturated heterocycles. The third-order valence-electron chi connectivity index (χ3n) is 4.70. The topological polar surface area (TPSA) is 86.7 Å². The molecular weight excluding hydrogens is 364 g/mol.